The minimum atomic E-state index is -0.954. The smallest absolute Gasteiger partial charge is 0.335 e. The van der Waals surface area contributed by atoms with E-state index >= 15 is 0 Å². The molecule has 106 valence electrons. The molecule has 2 heterocycles. The standard InChI is InChI=1S/C14H15NO5/c16-11-5-4-9(7-20-11)13(17)15-6-8-2-1-3-10(8)12(15)14(18)19/h4-5,7-8,10,12H,1-3,6H2,(H,18,19). The Hall–Kier alpha value is -2.11. The molecule has 3 unspecified atom stereocenters. The van der Waals surface area contributed by atoms with Crippen LogP contribution in [-0.4, -0.2) is 34.5 Å². The molecule has 6 heteroatoms. The Morgan fingerprint density at radius 2 is 2.10 bits per heavy atom. The number of likely N-dealkylation sites (tertiary alicyclic amines) is 1. The summed E-state index contributed by atoms with van der Waals surface area (Å²) in [6.07, 6.45) is 3.95. The van der Waals surface area contributed by atoms with Crippen molar-refractivity contribution in [3.05, 3.63) is 34.4 Å². The molecule has 3 rings (SSSR count). The summed E-state index contributed by atoms with van der Waals surface area (Å²) in [6.45, 7) is 0.472. The third kappa shape index (κ3) is 2.01. The molecule has 1 amide bonds. The summed E-state index contributed by atoms with van der Waals surface area (Å²) >= 11 is 0. The van der Waals surface area contributed by atoms with Gasteiger partial charge in [0.25, 0.3) is 5.91 Å². The van der Waals surface area contributed by atoms with Gasteiger partial charge in [0.15, 0.2) is 0 Å². The van der Waals surface area contributed by atoms with Crippen LogP contribution >= 0.6 is 0 Å². The summed E-state index contributed by atoms with van der Waals surface area (Å²) in [5.41, 5.74) is -0.314. The molecule has 1 aliphatic carbocycles. The van der Waals surface area contributed by atoms with Gasteiger partial charge in [-0.2, -0.15) is 0 Å². The lowest BCUT2D eigenvalue weighted by atomic mass is 9.94. The molecule has 3 atom stereocenters. The number of amides is 1. The van der Waals surface area contributed by atoms with Crippen LogP contribution in [0, 0.1) is 11.8 Å². The van der Waals surface area contributed by atoms with Gasteiger partial charge in [-0.3, -0.25) is 4.79 Å². The first kappa shape index (κ1) is 12.9. The van der Waals surface area contributed by atoms with Gasteiger partial charge in [0.05, 0.1) is 5.56 Å². The lowest BCUT2D eigenvalue weighted by Crippen LogP contribution is -2.43. The van der Waals surface area contributed by atoms with Crippen molar-refractivity contribution in [2.75, 3.05) is 6.54 Å². The molecule has 1 saturated heterocycles. The zero-order valence-corrected chi connectivity index (χ0v) is 10.8. The monoisotopic (exact) mass is 277 g/mol. The van der Waals surface area contributed by atoms with Crippen molar-refractivity contribution < 1.29 is 19.1 Å². The van der Waals surface area contributed by atoms with E-state index in [1.807, 2.05) is 0 Å². The first-order valence-corrected chi connectivity index (χ1v) is 6.70. The van der Waals surface area contributed by atoms with Gasteiger partial charge in [-0.1, -0.05) is 6.42 Å². The van der Waals surface area contributed by atoms with E-state index in [9.17, 15) is 19.5 Å². The quantitative estimate of drug-likeness (QED) is 0.870. The fourth-order valence-corrected chi connectivity index (χ4v) is 3.48. The number of rotatable bonds is 2. The second-order valence-corrected chi connectivity index (χ2v) is 5.44. The van der Waals surface area contributed by atoms with E-state index in [0.29, 0.717) is 6.54 Å². The lowest BCUT2D eigenvalue weighted by molar-refractivity contribution is -0.142. The van der Waals surface area contributed by atoms with E-state index in [1.165, 1.54) is 17.0 Å². The fourth-order valence-electron chi connectivity index (χ4n) is 3.48. The Bertz CT molecular complexity index is 587. The van der Waals surface area contributed by atoms with Crippen LogP contribution < -0.4 is 5.63 Å². The van der Waals surface area contributed by atoms with Crippen LogP contribution in [0.5, 0.6) is 0 Å². The number of carboxylic acid groups (broad SMARTS) is 1. The van der Waals surface area contributed by atoms with Crippen molar-refractivity contribution in [3.8, 4) is 0 Å². The number of aliphatic carboxylic acids is 1. The summed E-state index contributed by atoms with van der Waals surface area (Å²) < 4.78 is 4.68. The minimum absolute atomic E-state index is 0.0483. The van der Waals surface area contributed by atoms with Gasteiger partial charge in [0, 0.05) is 12.6 Å². The maximum atomic E-state index is 12.4. The van der Waals surface area contributed by atoms with Gasteiger partial charge >= 0.3 is 11.6 Å². The lowest BCUT2D eigenvalue weighted by Gasteiger charge is -2.24. The highest BCUT2D eigenvalue weighted by atomic mass is 16.4. The van der Waals surface area contributed by atoms with Crippen LogP contribution in [0.15, 0.2) is 27.6 Å². The molecule has 1 aliphatic heterocycles. The van der Waals surface area contributed by atoms with Crippen LogP contribution in [-0.2, 0) is 4.79 Å². The van der Waals surface area contributed by atoms with E-state index in [1.54, 1.807) is 0 Å². The molecular formula is C14H15NO5. The van der Waals surface area contributed by atoms with Crippen molar-refractivity contribution in [2.45, 2.75) is 25.3 Å². The normalized spacial score (nSPS) is 28.4. The van der Waals surface area contributed by atoms with Crippen molar-refractivity contribution in [1.82, 2.24) is 4.90 Å². The van der Waals surface area contributed by atoms with E-state index in [0.717, 1.165) is 25.5 Å². The first-order chi connectivity index (χ1) is 9.58. The van der Waals surface area contributed by atoms with Crippen LogP contribution in [0.25, 0.3) is 0 Å². The number of nitrogens with zero attached hydrogens (tertiary/aromatic N) is 1. The Balaban J connectivity index is 1.88. The molecule has 6 nitrogen and oxygen atoms in total. The van der Waals surface area contributed by atoms with Crippen molar-refractivity contribution in [3.63, 3.8) is 0 Å². The Morgan fingerprint density at radius 3 is 2.75 bits per heavy atom. The summed E-state index contributed by atoms with van der Waals surface area (Å²) in [5, 5.41) is 9.40. The van der Waals surface area contributed by atoms with Crippen molar-refractivity contribution in [1.29, 1.82) is 0 Å². The molecule has 0 bridgehead atoms. The second kappa shape index (κ2) is 4.77. The molecule has 1 saturated carbocycles. The second-order valence-electron chi connectivity index (χ2n) is 5.44. The fraction of sp³-hybridized carbons (Fsp3) is 0.500. The molecule has 0 radical (unpaired) electrons. The maximum absolute atomic E-state index is 12.4. The third-order valence-electron chi connectivity index (χ3n) is 4.35. The highest BCUT2D eigenvalue weighted by molar-refractivity contribution is 5.96. The molecule has 1 aromatic heterocycles. The summed E-state index contributed by atoms with van der Waals surface area (Å²) in [6, 6.07) is 1.78. The molecule has 20 heavy (non-hydrogen) atoms. The van der Waals surface area contributed by atoms with Crippen LogP contribution in [0.3, 0.4) is 0 Å². The number of carboxylic acids is 1. The van der Waals surface area contributed by atoms with Gasteiger partial charge in [-0.05, 0) is 30.7 Å². The van der Waals surface area contributed by atoms with Crippen molar-refractivity contribution in [2.24, 2.45) is 11.8 Å². The SMILES string of the molecule is O=C(O)C1C2CCCC2CN1C(=O)c1ccc(=O)oc1. The minimum Gasteiger partial charge on any atom is -0.480 e. The predicted molar refractivity (Wildman–Crippen MR) is 68.3 cm³/mol. The zero-order chi connectivity index (χ0) is 14.3. The van der Waals surface area contributed by atoms with E-state index in [2.05, 4.69) is 4.42 Å². The van der Waals surface area contributed by atoms with Gasteiger partial charge in [-0.15, -0.1) is 0 Å². The van der Waals surface area contributed by atoms with Crippen LogP contribution in [0.2, 0.25) is 0 Å². The van der Waals surface area contributed by atoms with E-state index in [-0.39, 0.29) is 23.3 Å². The first-order valence-electron chi connectivity index (χ1n) is 6.70. The largest absolute Gasteiger partial charge is 0.480 e. The molecular weight excluding hydrogens is 262 g/mol. The number of carbonyl (C=O) groups is 2. The van der Waals surface area contributed by atoms with E-state index in [4.69, 9.17) is 0 Å². The number of carbonyl (C=O) groups excluding carboxylic acids is 1. The molecule has 1 aromatic rings. The molecule has 2 fully saturated rings. The zero-order valence-electron chi connectivity index (χ0n) is 10.8. The number of hydrogen-bond acceptors (Lipinski definition) is 4. The average Bonchev–Trinajstić information content (AvgIpc) is 2.97. The molecule has 1 N–H and O–H groups in total. The van der Waals surface area contributed by atoms with Crippen LogP contribution in [0.4, 0.5) is 0 Å². The summed E-state index contributed by atoms with van der Waals surface area (Å²) in [7, 11) is 0. The maximum Gasteiger partial charge on any atom is 0.335 e. The highest BCUT2D eigenvalue weighted by Gasteiger charge is 2.49. The van der Waals surface area contributed by atoms with E-state index < -0.39 is 17.6 Å². The number of hydrogen-bond donors (Lipinski definition) is 1. The predicted octanol–water partition coefficient (Wildman–Crippen LogP) is 0.965. The Morgan fingerprint density at radius 1 is 1.30 bits per heavy atom. The van der Waals surface area contributed by atoms with Gasteiger partial charge in [0.1, 0.15) is 12.3 Å². The number of fused-ring (bicyclic) bond motifs is 1. The summed E-state index contributed by atoms with van der Waals surface area (Å²) in [4.78, 5) is 36.2. The highest BCUT2D eigenvalue weighted by Crippen LogP contribution is 2.42. The summed E-state index contributed by atoms with van der Waals surface area (Å²) in [5.74, 6) is -1.01. The van der Waals surface area contributed by atoms with Crippen LogP contribution in [0.1, 0.15) is 29.6 Å². The van der Waals surface area contributed by atoms with Gasteiger partial charge < -0.3 is 14.4 Å². The third-order valence-corrected chi connectivity index (χ3v) is 4.35. The van der Waals surface area contributed by atoms with Gasteiger partial charge in [0.2, 0.25) is 0 Å². The topological polar surface area (TPSA) is 87.8 Å². The Kier molecular flexibility index (Phi) is 3.08. The van der Waals surface area contributed by atoms with Crippen molar-refractivity contribution >= 4 is 11.9 Å². The average molecular weight is 277 g/mol. The molecule has 0 spiro atoms. The Labute approximate surface area is 115 Å². The van der Waals surface area contributed by atoms with Gasteiger partial charge in [-0.25, -0.2) is 9.59 Å². The molecule has 2 aliphatic rings. The molecule has 0 aromatic carbocycles.